The molecule has 0 radical (unpaired) electrons. The fraction of sp³-hybridized carbons (Fsp3) is 0. The second-order valence-corrected chi connectivity index (χ2v) is 12.4. The van der Waals surface area contributed by atoms with E-state index in [2.05, 4.69) is 133 Å². The lowest BCUT2D eigenvalue weighted by Crippen LogP contribution is -3.61. The normalized spacial score (nSPS) is 11.7. The van der Waals surface area contributed by atoms with E-state index in [9.17, 15) is 0 Å². The first-order chi connectivity index (χ1) is 19.3. The van der Waals surface area contributed by atoms with Gasteiger partial charge in [-0.2, -0.15) is 0 Å². The van der Waals surface area contributed by atoms with Gasteiger partial charge >= 0.3 is 28.7 Å². The fourth-order valence-corrected chi connectivity index (χ4v) is 7.59. The van der Waals surface area contributed by atoms with Gasteiger partial charge < -0.3 is 8.83 Å². The number of hydrogen-bond donors (Lipinski definition) is 0. The molecule has 0 saturated heterocycles. The Balaban J connectivity index is 1.20. The van der Waals surface area contributed by atoms with Gasteiger partial charge in [0.25, 0.3) is 0 Å². The van der Waals surface area contributed by atoms with Crippen molar-refractivity contribution in [3.63, 3.8) is 0 Å². The molecule has 0 amide bonds. The number of hydrogen-bond acceptors (Lipinski definition) is 2. The van der Waals surface area contributed by atoms with E-state index in [4.69, 9.17) is 8.83 Å². The van der Waals surface area contributed by atoms with Gasteiger partial charge in [-0.3, -0.25) is 0 Å². The van der Waals surface area contributed by atoms with E-state index in [-0.39, 0.29) is 0 Å². The Hall–Kier alpha value is -4.35. The Bertz CT molecular complexity index is 1900. The molecule has 0 unspecified atom stereocenters. The zero-order chi connectivity index (χ0) is 25.8. The SMILES string of the molecule is c1ccc2c(-c3ccc([I+]c4ccc(-c5c6ccccc6cc6ccccc56)o4)o3)c3ccccc3cc2c1. The first kappa shape index (κ1) is 22.6. The summed E-state index contributed by atoms with van der Waals surface area (Å²) in [6, 6.07) is 47.1. The summed E-state index contributed by atoms with van der Waals surface area (Å²) in [7, 11) is 0. The molecule has 8 aromatic rings. The summed E-state index contributed by atoms with van der Waals surface area (Å²) >= 11 is -0.623. The van der Waals surface area contributed by atoms with E-state index >= 15 is 0 Å². The van der Waals surface area contributed by atoms with Crippen molar-refractivity contribution in [2.75, 3.05) is 0 Å². The van der Waals surface area contributed by atoms with Crippen molar-refractivity contribution in [3.8, 4) is 22.6 Å². The summed E-state index contributed by atoms with van der Waals surface area (Å²) < 4.78 is 15.0. The molecule has 184 valence electrons. The monoisotopic (exact) mass is 613 g/mol. The van der Waals surface area contributed by atoms with Crippen LogP contribution in [0, 0.1) is 7.53 Å². The molecule has 2 heterocycles. The highest BCUT2D eigenvalue weighted by molar-refractivity contribution is 6.12. The van der Waals surface area contributed by atoms with Crippen LogP contribution in [0.4, 0.5) is 0 Å². The number of benzene rings is 6. The summed E-state index contributed by atoms with van der Waals surface area (Å²) in [4.78, 5) is 0. The predicted molar refractivity (Wildman–Crippen MR) is 156 cm³/mol. The first-order valence-corrected chi connectivity index (χ1v) is 15.1. The van der Waals surface area contributed by atoms with E-state index in [0.29, 0.717) is 0 Å². The Morgan fingerprint density at radius 3 is 1.05 bits per heavy atom. The highest BCUT2D eigenvalue weighted by Gasteiger charge is 2.27. The van der Waals surface area contributed by atoms with Gasteiger partial charge in [0.2, 0.25) is 0 Å². The molecule has 0 bridgehead atoms. The largest absolute Gasteiger partial charge is 0.443 e. The van der Waals surface area contributed by atoms with Crippen molar-refractivity contribution in [2.24, 2.45) is 0 Å². The van der Waals surface area contributed by atoms with Crippen LogP contribution in [0.5, 0.6) is 0 Å². The molecule has 8 rings (SSSR count). The van der Waals surface area contributed by atoms with Gasteiger partial charge in [0.05, 0.1) is 0 Å². The van der Waals surface area contributed by atoms with Crippen LogP contribution in [0.1, 0.15) is 0 Å². The van der Waals surface area contributed by atoms with Crippen LogP contribution in [0.2, 0.25) is 0 Å². The van der Waals surface area contributed by atoms with E-state index in [1.807, 2.05) is 0 Å². The summed E-state index contributed by atoms with van der Waals surface area (Å²) in [5.41, 5.74) is 2.31. The van der Waals surface area contributed by atoms with Crippen LogP contribution in [0.25, 0.3) is 65.7 Å². The minimum Gasteiger partial charge on any atom is -0.418 e. The van der Waals surface area contributed by atoms with Gasteiger partial charge in [-0.05, 0) is 67.4 Å². The van der Waals surface area contributed by atoms with Crippen molar-refractivity contribution in [2.45, 2.75) is 0 Å². The molecular weight excluding hydrogens is 591 g/mol. The van der Waals surface area contributed by atoms with Gasteiger partial charge in [-0.1, -0.05) is 97.1 Å². The maximum absolute atomic E-state index is 6.53. The lowest BCUT2D eigenvalue weighted by molar-refractivity contribution is -0.635. The van der Waals surface area contributed by atoms with Gasteiger partial charge in [0.15, 0.2) is 0 Å². The zero-order valence-corrected chi connectivity index (χ0v) is 23.1. The Morgan fingerprint density at radius 1 is 0.359 bits per heavy atom. The smallest absolute Gasteiger partial charge is 0.418 e. The molecular formula is C36H22IO2+. The predicted octanol–water partition coefficient (Wildman–Crippen LogP) is 6.95. The molecule has 0 atom stereocenters. The number of furan rings is 2. The van der Waals surface area contributed by atoms with Gasteiger partial charge in [-0.25, -0.2) is 0 Å². The number of halogens is 1. The maximum atomic E-state index is 6.53. The topological polar surface area (TPSA) is 26.3 Å². The molecule has 0 spiro atoms. The minimum absolute atomic E-state index is 0.623. The van der Waals surface area contributed by atoms with Crippen molar-refractivity contribution >= 4 is 43.1 Å². The van der Waals surface area contributed by atoms with Crippen LogP contribution in [0.15, 0.2) is 142 Å². The van der Waals surface area contributed by atoms with Crippen molar-refractivity contribution in [1.29, 1.82) is 0 Å². The van der Waals surface area contributed by atoms with Crippen LogP contribution in [-0.2, 0) is 0 Å². The standard InChI is InChI=1S/C36H22IO2/c1-5-13-27-23(9-1)21-24-10-2-6-14-28(24)35(27)31-17-19-33(38-31)37-34-20-18-32(39-34)36-29-15-7-3-11-25(29)22-26-12-4-8-16-30(26)36/h1-22H/q+1. The Morgan fingerprint density at radius 2 is 0.692 bits per heavy atom. The van der Waals surface area contributed by atoms with Gasteiger partial charge in [-0.15, -0.1) is 0 Å². The lowest BCUT2D eigenvalue weighted by atomic mass is 9.95. The molecule has 2 aromatic heterocycles. The quantitative estimate of drug-likeness (QED) is 0.159. The third kappa shape index (κ3) is 3.84. The second-order valence-electron chi connectivity index (χ2n) is 9.69. The highest BCUT2D eigenvalue weighted by Crippen LogP contribution is 2.38. The molecule has 0 aliphatic heterocycles. The molecule has 6 aromatic carbocycles. The maximum Gasteiger partial charge on any atom is 0.443 e. The van der Waals surface area contributed by atoms with Crippen molar-refractivity contribution in [1.82, 2.24) is 0 Å². The molecule has 39 heavy (non-hydrogen) atoms. The first-order valence-electron chi connectivity index (χ1n) is 13.0. The van der Waals surface area contributed by atoms with E-state index in [1.54, 1.807) is 0 Å². The third-order valence-electron chi connectivity index (χ3n) is 7.37. The molecule has 0 aliphatic rings. The fourth-order valence-electron chi connectivity index (χ4n) is 5.65. The van der Waals surface area contributed by atoms with E-state index < -0.39 is 21.2 Å². The van der Waals surface area contributed by atoms with Crippen LogP contribution in [0.3, 0.4) is 0 Å². The molecule has 0 N–H and O–H groups in total. The summed E-state index contributed by atoms with van der Waals surface area (Å²) in [5, 5.41) is 9.70. The average molecular weight is 613 g/mol. The third-order valence-corrected chi connectivity index (χ3v) is 9.59. The zero-order valence-electron chi connectivity index (χ0n) is 20.9. The van der Waals surface area contributed by atoms with Crippen LogP contribution >= 0.6 is 0 Å². The minimum atomic E-state index is -0.623. The van der Waals surface area contributed by atoms with Crippen LogP contribution in [-0.4, -0.2) is 0 Å². The van der Waals surface area contributed by atoms with E-state index in [0.717, 1.165) is 30.2 Å². The van der Waals surface area contributed by atoms with Crippen molar-refractivity contribution < 1.29 is 30.0 Å². The van der Waals surface area contributed by atoms with Gasteiger partial charge in [0.1, 0.15) is 11.5 Å². The average Bonchev–Trinajstić information content (AvgIpc) is 3.64. The van der Waals surface area contributed by atoms with Crippen LogP contribution < -0.4 is 21.2 Å². The summed E-state index contributed by atoms with van der Waals surface area (Å²) in [6.07, 6.45) is 0. The molecule has 2 nitrogen and oxygen atoms in total. The molecule has 0 saturated carbocycles. The Kier molecular flexibility index (Phi) is 5.30. The van der Waals surface area contributed by atoms with E-state index in [1.165, 1.54) is 43.1 Å². The molecule has 0 aliphatic carbocycles. The van der Waals surface area contributed by atoms with Gasteiger partial charge in [0, 0.05) is 23.3 Å². The molecule has 0 fully saturated rings. The number of rotatable bonds is 4. The summed E-state index contributed by atoms with van der Waals surface area (Å²) in [6.45, 7) is 0. The summed E-state index contributed by atoms with van der Waals surface area (Å²) in [5.74, 6) is 1.81. The Labute approximate surface area is 235 Å². The molecule has 3 heteroatoms. The lowest BCUT2D eigenvalue weighted by Gasteiger charge is -2.09. The number of fused-ring (bicyclic) bond motifs is 4. The highest BCUT2D eigenvalue weighted by atomic mass is 127. The van der Waals surface area contributed by atoms with Crippen molar-refractivity contribution in [3.05, 3.63) is 141 Å². The second kappa shape index (κ2) is 9.14.